The Hall–Kier alpha value is -1.32. The van der Waals surface area contributed by atoms with Crippen molar-refractivity contribution in [3.63, 3.8) is 0 Å². The minimum Gasteiger partial charge on any atom is -0.394 e. The minimum absolute atomic E-state index is 0.659. The summed E-state index contributed by atoms with van der Waals surface area (Å²) >= 11 is 0. The lowest BCUT2D eigenvalue weighted by Gasteiger charge is -2.06. The van der Waals surface area contributed by atoms with Gasteiger partial charge < -0.3 is 4.84 Å². The van der Waals surface area contributed by atoms with Crippen LogP contribution in [0, 0.1) is 6.92 Å². The van der Waals surface area contributed by atoms with E-state index >= 15 is 0 Å². The number of rotatable bonds is 5. The summed E-state index contributed by atoms with van der Waals surface area (Å²) in [6, 6.07) is 7.78. The topological polar surface area (TPSA) is 33.3 Å². The standard InChI is InChI=1S/C10H14N2O/c1-3-8-11-12-13-10-6-4-9(2)5-7-10/h3-7,11-12H,1,8H2,2H3. The number of aryl methyl sites for hydroxylation is 1. The first-order valence-electron chi connectivity index (χ1n) is 4.15. The van der Waals surface area contributed by atoms with Gasteiger partial charge in [0.25, 0.3) is 0 Å². The quantitative estimate of drug-likeness (QED) is 0.408. The average molecular weight is 178 g/mol. The molecule has 0 spiro atoms. The molecule has 1 rings (SSSR count). The first-order valence-corrected chi connectivity index (χ1v) is 4.15. The molecule has 3 nitrogen and oxygen atoms in total. The maximum Gasteiger partial charge on any atom is 0.149 e. The molecule has 0 fully saturated rings. The van der Waals surface area contributed by atoms with Gasteiger partial charge in [0.1, 0.15) is 5.75 Å². The normalized spacial score (nSPS) is 9.62. The van der Waals surface area contributed by atoms with Gasteiger partial charge in [0.05, 0.1) is 0 Å². The zero-order chi connectivity index (χ0) is 9.52. The highest BCUT2D eigenvalue weighted by Gasteiger charge is 1.90. The lowest BCUT2D eigenvalue weighted by Crippen LogP contribution is -2.34. The van der Waals surface area contributed by atoms with Gasteiger partial charge in [0.15, 0.2) is 0 Å². The Bertz CT molecular complexity index is 256. The fourth-order valence-corrected chi connectivity index (χ4v) is 0.815. The van der Waals surface area contributed by atoms with Gasteiger partial charge in [-0.2, -0.15) is 0 Å². The van der Waals surface area contributed by atoms with Crippen molar-refractivity contribution in [1.82, 2.24) is 11.0 Å². The molecule has 2 N–H and O–H groups in total. The van der Waals surface area contributed by atoms with Crippen LogP contribution in [-0.2, 0) is 0 Å². The van der Waals surface area contributed by atoms with Crippen LogP contribution in [0.2, 0.25) is 0 Å². The summed E-state index contributed by atoms with van der Waals surface area (Å²) in [7, 11) is 0. The molecule has 1 aromatic rings. The molecule has 0 saturated heterocycles. The van der Waals surface area contributed by atoms with E-state index in [0.717, 1.165) is 5.75 Å². The molecule has 3 heteroatoms. The van der Waals surface area contributed by atoms with Crippen LogP contribution < -0.4 is 15.9 Å². The smallest absolute Gasteiger partial charge is 0.149 e. The Labute approximate surface area is 78.3 Å². The predicted octanol–water partition coefficient (Wildman–Crippen LogP) is 1.57. The molecule has 0 bridgehead atoms. The molecule has 0 aliphatic carbocycles. The van der Waals surface area contributed by atoms with E-state index in [0.29, 0.717) is 6.54 Å². The summed E-state index contributed by atoms with van der Waals surface area (Å²) in [5.41, 5.74) is 6.62. The van der Waals surface area contributed by atoms with Crippen LogP contribution in [0.1, 0.15) is 5.56 Å². The van der Waals surface area contributed by atoms with Crippen molar-refractivity contribution in [3.8, 4) is 5.75 Å². The third kappa shape index (κ3) is 3.73. The molecule has 0 aliphatic rings. The van der Waals surface area contributed by atoms with E-state index in [2.05, 4.69) is 17.6 Å². The summed E-state index contributed by atoms with van der Waals surface area (Å²) in [5.74, 6) is 0.780. The van der Waals surface area contributed by atoms with Crippen LogP contribution in [0.5, 0.6) is 5.75 Å². The first-order chi connectivity index (χ1) is 6.33. The molecule has 0 unspecified atom stereocenters. The van der Waals surface area contributed by atoms with Gasteiger partial charge in [-0.25, -0.2) is 5.43 Å². The van der Waals surface area contributed by atoms with Crippen LogP contribution in [0.15, 0.2) is 36.9 Å². The van der Waals surface area contributed by atoms with Crippen molar-refractivity contribution in [2.45, 2.75) is 6.92 Å². The maximum absolute atomic E-state index is 5.15. The fraction of sp³-hybridized carbons (Fsp3) is 0.200. The van der Waals surface area contributed by atoms with Crippen molar-refractivity contribution in [1.29, 1.82) is 0 Å². The van der Waals surface area contributed by atoms with Crippen molar-refractivity contribution in [2.24, 2.45) is 0 Å². The summed E-state index contributed by atoms with van der Waals surface area (Å²) in [4.78, 5) is 5.15. The van der Waals surface area contributed by atoms with Crippen LogP contribution in [-0.4, -0.2) is 6.54 Å². The van der Waals surface area contributed by atoms with Crippen LogP contribution in [0.25, 0.3) is 0 Å². The van der Waals surface area contributed by atoms with E-state index in [-0.39, 0.29) is 0 Å². The molecule has 0 aliphatic heterocycles. The second-order valence-electron chi connectivity index (χ2n) is 2.69. The first kappa shape index (κ1) is 9.77. The molecule has 70 valence electrons. The average Bonchev–Trinajstić information content (AvgIpc) is 2.15. The summed E-state index contributed by atoms with van der Waals surface area (Å²) in [5, 5.41) is 0. The second-order valence-corrected chi connectivity index (χ2v) is 2.69. The van der Waals surface area contributed by atoms with E-state index in [9.17, 15) is 0 Å². The van der Waals surface area contributed by atoms with Gasteiger partial charge in [0.2, 0.25) is 0 Å². The van der Waals surface area contributed by atoms with Gasteiger partial charge in [-0.3, -0.25) is 0 Å². The SMILES string of the molecule is C=CCNNOc1ccc(C)cc1. The lowest BCUT2D eigenvalue weighted by atomic mass is 10.2. The molecule has 0 aromatic heterocycles. The third-order valence-electron chi connectivity index (χ3n) is 1.51. The second kappa shape index (κ2) is 5.35. The highest BCUT2D eigenvalue weighted by Crippen LogP contribution is 2.09. The van der Waals surface area contributed by atoms with E-state index in [4.69, 9.17) is 4.84 Å². The Morgan fingerprint density at radius 1 is 1.38 bits per heavy atom. The Morgan fingerprint density at radius 2 is 2.08 bits per heavy atom. The molecule has 0 heterocycles. The van der Waals surface area contributed by atoms with Crippen molar-refractivity contribution >= 4 is 0 Å². The van der Waals surface area contributed by atoms with Crippen molar-refractivity contribution in [2.75, 3.05) is 6.54 Å². The van der Waals surface area contributed by atoms with E-state index < -0.39 is 0 Å². The Kier molecular flexibility index (Phi) is 4.02. The number of hydrogen-bond donors (Lipinski definition) is 2. The zero-order valence-electron chi connectivity index (χ0n) is 7.71. The highest BCUT2D eigenvalue weighted by atomic mass is 16.7. The number of hydrogen-bond acceptors (Lipinski definition) is 3. The third-order valence-corrected chi connectivity index (χ3v) is 1.51. The van der Waals surface area contributed by atoms with Crippen LogP contribution in [0.3, 0.4) is 0 Å². The van der Waals surface area contributed by atoms with Crippen molar-refractivity contribution < 1.29 is 4.84 Å². The van der Waals surface area contributed by atoms with Gasteiger partial charge in [-0.15, -0.1) is 6.58 Å². The highest BCUT2D eigenvalue weighted by molar-refractivity contribution is 5.25. The fourth-order valence-electron chi connectivity index (χ4n) is 0.815. The van der Waals surface area contributed by atoms with E-state index in [1.165, 1.54) is 5.56 Å². The summed E-state index contributed by atoms with van der Waals surface area (Å²) < 4.78 is 0. The van der Waals surface area contributed by atoms with Gasteiger partial charge >= 0.3 is 0 Å². The number of benzene rings is 1. The maximum atomic E-state index is 5.15. The van der Waals surface area contributed by atoms with Crippen molar-refractivity contribution in [3.05, 3.63) is 42.5 Å². The zero-order valence-corrected chi connectivity index (χ0v) is 7.71. The van der Waals surface area contributed by atoms with Gasteiger partial charge in [0, 0.05) is 6.54 Å². The largest absolute Gasteiger partial charge is 0.394 e. The Morgan fingerprint density at radius 3 is 2.69 bits per heavy atom. The molecule has 1 aromatic carbocycles. The number of nitrogens with one attached hydrogen (secondary N) is 2. The molecule has 0 saturated carbocycles. The molecular formula is C10H14N2O. The van der Waals surface area contributed by atoms with Crippen LogP contribution in [0.4, 0.5) is 0 Å². The molecule has 0 atom stereocenters. The molecule has 0 amide bonds. The summed E-state index contributed by atoms with van der Waals surface area (Å²) in [6.07, 6.45) is 1.74. The van der Waals surface area contributed by atoms with Gasteiger partial charge in [-0.1, -0.05) is 29.4 Å². The molecule has 0 radical (unpaired) electrons. The van der Waals surface area contributed by atoms with Gasteiger partial charge in [-0.05, 0) is 19.1 Å². The molecular weight excluding hydrogens is 164 g/mol. The summed E-state index contributed by atoms with van der Waals surface area (Å²) in [6.45, 7) is 6.25. The minimum atomic E-state index is 0.659. The predicted molar refractivity (Wildman–Crippen MR) is 53.1 cm³/mol. The molecule has 13 heavy (non-hydrogen) atoms. The lowest BCUT2D eigenvalue weighted by molar-refractivity contribution is 0.154. The Balaban J connectivity index is 2.28. The number of hydrazine groups is 1. The van der Waals surface area contributed by atoms with E-state index in [1.54, 1.807) is 6.08 Å². The monoisotopic (exact) mass is 178 g/mol. The van der Waals surface area contributed by atoms with E-state index in [1.807, 2.05) is 31.2 Å². The van der Waals surface area contributed by atoms with Crippen LogP contribution >= 0.6 is 0 Å².